The van der Waals surface area contributed by atoms with Crippen LogP contribution in [0.15, 0.2) is 0 Å². The standard InChI is InChI=1S/BH2.Co.Fe.Ho/h1H2;;;/q+1;-1;;. The quantitative estimate of drug-likeness (QED) is 0.507. The first-order valence-electron chi connectivity index (χ1n) is 0.451. The summed E-state index contributed by atoms with van der Waals surface area (Å²) in [6.45, 7) is 1.98. The molecule has 0 N–H and O–H groups in total. The molecule has 0 aliphatic carbocycles. The van der Waals surface area contributed by atoms with Gasteiger partial charge in [-0.15, -0.1) is 0 Å². The van der Waals surface area contributed by atoms with Crippen LogP contribution in [0, 0.1) is 37.7 Å². The molecule has 0 heterocycles. The Morgan fingerprint density at radius 2 is 1.75 bits per heavy atom. The zero-order valence-corrected chi connectivity index (χ0v) is 6.07. The Morgan fingerprint density at radius 1 is 1.75 bits per heavy atom. The van der Waals surface area contributed by atoms with Crippen LogP contribution in [-0.4, -0.2) is 6.70 Å². The molecular formula is H2BCoFeHo. The smallest absolute Gasteiger partial charge is 0 e. The van der Waals surface area contributed by atoms with E-state index in [2.05, 4.69) is 14.2 Å². The van der Waals surface area contributed by atoms with E-state index in [0.29, 0.717) is 0 Å². The van der Waals surface area contributed by atoms with Crippen molar-refractivity contribution >= 4 is 6.70 Å². The van der Waals surface area contributed by atoms with Crippen LogP contribution in [0.5, 0.6) is 0 Å². The summed E-state index contributed by atoms with van der Waals surface area (Å²) in [6.07, 6.45) is 0. The topological polar surface area (TPSA) is 0 Å². The van der Waals surface area contributed by atoms with Crippen LogP contribution in [0.4, 0.5) is 0 Å². The molecule has 0 fully saturated rings. The Hall–Kier alpha value is 2.35. The first-order chi connectivity index (χ1) is 1.41. The molecular weight excluding hydrogens is 291 g/mol. The fraction of sp³-hybridized carbons (Fsp3) is 0. The molecule has 0 aromatic rings. The van der Waals surface area contributed by atoms with Crippen molar-refractivity contribution in [3.8, 4) is 0 Å². The van der Waals surface area contributed by atoms with E-state index in [1.807, 2.05) is 6.70 Å². The second-order valence-corrected chi connectivity index (χ2v) is 2.00. The second kappa shape index (κ2) is 9.02. The average Bonchev–Trinajstić information content (AvgIpc) is 0.918. The molecule has 0 nitrogen and oxygen atoms in total. The van der Waals surface area contributed by atoms with Crippen molar-refractivity contribution in [2.24, 2.45) is 0 Å². The zero-order valence-electron chi connectivity index (χ0n) is 1.99. The van der Waals surface area contributed by atoms with Gasteiger partial charge in [0.05, 0.1) is 0 Å². The Labute approximate surface area is 70.1 Å². The van der Waals surface area contributed by atoms with Gasteiger partial charge in [0.2, 0.25) is 0 Å². The first kappa shape index (κ1) is 9.61. The van der Waals surface area contributed by atoms with Gasteiger partial charge in [-0.3, -0.25) is 0 Å². The van der Waals surface area contributed by atoms with E-state index in [1.54, 1.807) is 0 Å². The molecule has 0 bridgehead atoms. The van der Waals surface area contributed by atoms with E-state index in [9.17, 15) is 0 Å². The molecule has 33 valence electrons. The molecule has 0 spiro atoms. The monoisotopic (exact) mass is 293 g/mol. The summed E-state index contributed by atoms with van der Waals surface area (Å²) in [5.74, 6) is 0. The molecule has 0 amide bonds. The predicted molar refractivity (Wildman–Crippen MR) is 8.54 cm³/mol. The Morgan fingerprint density at radius 3 is 1.75 bits per heavy atom. The van der Waals surface area contributed by atoms with Crippen molar-refractivity contribution in [2.45, 2.75) is 0 Å². The molecule has 0 atom stereocenters. The van der Waals surface area contributed by atoms with Crippen LogP contribution in [-0.2, 0) is 27.0 Å². The number of hydrogen-bond acceptors (Lipinski definition) is 0. The van der Waals surface area contributed by atoms with Crippen molar-refractivity contribution in [3.05, 3.63) is 0 Å². The van der Waals surface area contributed by atoms with Gasteiger partial charge in [-0.1, -0.05) is 0 Å². The largest absolute Gasteiger partial charge is 0 e. The summed E-state index contributed by atoms with van der Waals surface area (Å²) in [5, 5.41) is 0. The summed E-state index contributed by atoms with van der Waals surface area (Å²) in [4.78, 5) is 0. The molecule has 0 rings (SSSR count). The van der Waals surface area contributed by atoms with Gasteiger partial charge in [0.15, 0.2) is 0 Å². The van der Waals surface area contributed by atoms with Crippen LogP contribution < -0.4 is 0 Å². The van der Waals surface area contributed by atoms with Crippen LogP contribution >= 0.6 is 0 Å². The summed E-state index contributed by atoms with van der Waals surface area (Å²) >= 11 is 4.64. The van der Waals surface area contributed by atoms with E-state index in [-0.39, 0.29) is 37.7 Å². The molecule has 4 heteroatoms. The summed E-state index contributed by atoms with van der Waals surface area (Å²) in [5.41, 5.74) is 0. The molecule has 0 aliphatic heterocycles. The number of hydrogen-bond donors (Lipinski definition) is 0. The zero-order chi connectivity index (χ0) is 2.71. The van der Waals surface area contributed by atoms with Gasteiger partial charge < -0.3 is 0 Å². The fourth-order valence-corrected chi connectivity index (χ4v) is 0. The third-order valence-electron chi connectivity index (χ3n) is 0. The van der Waals surface area contributed by atoms with Gasteiger partial charge in [0.1, 0.15) is 0 Å². The van der Waals surface area contributed by atoms with E-state index >= 15 is 0 Å². The van der Waals surface area contributed by atoms with Crippen molar-refractivity contribution < 1.29 is 64.7 Å². The number of rotatable bonds is 0. The van der Waals surface area contributed by atoms with Crippen molar-refractivity contribution in [3.63, 3.8) is 0 Å². The Kier molecular flexibility index (Phi) is 21.7. The van der Waals surface area contributed by atoms with Gasteiger partial charge in [-0.25, -0.2) is 0 Å². The van der Waals surface area contributed by atoms with Gasteiger partial charge in [-0.2, -0.15) is 0 Å². The minimum atomic E-state index is 0. The van der Waals surface area contributed by atoms with E-state index < -0.39 is 0 Å². The summed E-state index contributed by atoms with van der Waals surface area (Å²) in [6, 6.07) is 0. The normalized spacial score (nSPS) is 5.25. The average molecular weight is 293 g/mol. The maximum absolute atomic E-state index is 3.45. The molecule has 1 radical (unpaired) electrons. The van der Waals surface area contributed by atoms with Gasteiger partial charge in [-0.05, 0) is 0 Å². The molecule has 0 unspecified atom stereocenters. The molecule has 0 aromatic carbocycles. The van der Waals surface area contributed by atoms with Crippen molar-refractivity contribution in [2.75, 3.05) is 0 Å². The molecule has 0 aromatic heterocycles. The minimum absolute atomic E-state index is 0. The van der Waals surface area contributed by atoms with Crippen LogP contribution in [0.25, 0.3) is 0 Å². The third kappa shape index (κ3) is 8.84. The van der Waals surface area contributed by atoms with Crippen LogP contribution in [0.1, 0.15) is 0 Å². The van der Waals surface area contributed by atoms with Gasteiger partial charge >= 0.3 is 33.7 Å². The second-order valence-electron chi connectivity index (χ2n) is 0.118. The van der Waals surface area contributed by atoms with Crippen LogP contribution in [0.3, 0.4) is 0 Å². The summed E-state index contributed by atoms with van der Waals surface area (Å²) < 4.78 is 0. The third-order valence-corrected chi connectivity index (χ3v) is 0. The van der Waals surface area contributed by atoms with Gasteiger partial charge in [0, 0.05) is 37.7 Å². The van der Waals surface area contributed by atoms with E-state index in [0.717, 1.165) is 0 Å². The van der Waals surface area contributed by atoms with E-state index in [1.165, 1.54) is 12.7 Å². The maximum Gasteiger partial charge on any atom is 0 e. The minimum Gasteiger partial charge on any atom is 0 e. The van der Waals surface area contributed by atoms with Crippen molar-refractivity contribution in [1.82, 2.24) is 0 Å². The first-order valence-corrected chi connectivity index (χ1v) is 3.38. The maximum atomic E-state index is 3.45. The Bertz CT molecular complexity index is 8.00. The SMILES string of the molecule is [BH2][Co][Fe].[Ho]. The fourth-order valence-electron chi connectivity index (χ4n) is 0. The van der Waals surface area contributed by atoms with Gasteiger partial charge in [0.25, 0.3) is 0 Å². The molecule has 0 saturated carbocycles. The molecule has 4 heavy (non-hydrogen) atoms. The van der Waals surface area contributed by atoms with Crippen molar-refractivity contribution in [1.29, 1.82) is 0 Å². The molecule has 0 aliphatic rings. The van der Waals surface area contributed by atoms with Crippen LogP contribution in [0.2, 0.25) is 0 Å². The molecule has 0 saturated heterocycles. The Balaban J connectivity index is 0. The predicted octanol–water partition coefficient (Wildman–Crippen LogP) is -0.921. The van der Waals surface area contributed by atoms with E-state index in [4.69, 9.17) is 0 Å². The summed E-state index contributed by atoms with van der Waals surface area (Å²) in [7, 11) is 0.